The fourth-order valence-electron chi connectivity index (χ4n) is 4.15. The lowest BCUT2D eigenvalue weighted by atomic mass is 9.90. The van der Waals surface area contributed by atoms with Crippen LogP contribution in [0.25, 0.3) is 17.3 Å². The Morgan fingerprint density at radius 3 is 2.39 bits per heavy atom. The molecule has 1 saturated heterocycles. The molecule has 2 fully saturated rings. The van der Waals surface area contributed by atoms with Gasteiger partial charge in [-0.3, -0.25) is 4.79 Å². The number of hydrogen-bond acceptors (Lipinski definition) is 3. The molecule has 0 N–H and O–H groups in total. The second-order valence-electron chi connectivity index (χ2n) is 9.99. The second-order valence-corrected chi connectivity index (χ2v) is 10.8. The summed E-state index contributed by atoms with van der Waals surface area (Å²) in [5.41, 5.74) is 2.46. The number of rotatable bonds is 5. The van der Waals surface area contributed by atoms with Gasteiger partial charge in [0.05, 0.1) is 10.0 Å². The molecule has 2 aliphatic rings. The number of allylic oxidation sites excluding steroid dienone is 1. The zero-order chi connectivity index (χ0) is 22.2. The van der Waals surface area contributed by atoms with Gasteiger partial charge in [0.2, 0.25) is 5.91 Å². The van der Waals surface area contributed by atoms with Crippen molar-refractivity contribution in [2.45, 2.75) is 58.8 Å². The quantitative estimate of drug-likeness (QED) is 0.473. The summed E-state index contributed by atoms with van der Waals surface area (Å²) in [5.74, 6) is 2.05. The molecule has 1 aromatic carbocycles. The van der Waals surface area contributed by atoms with E-state index in [1.54, 1.807) is 0 Å². The highest BCUT2D eigenvalue weighted by Crippen LogP contribution is 2.46. The van der Waals surface area contributed by atoms with E-state index in [0.29, 0.717) is 34.0 Å². The average Bonchev–Trinajstić information content (AvgIpc) is 3.46. The molecule has 0 spiro atoms. The van der Waals surface area contributed by atoms with E-state index in [-0.39, 0.29) is 11.3 Å². The van der Waals surface area contributed by atoms with Gasteiger partial charge in [0.1, 0.15) is 11.5 Å². The van der Waals surface area contributed by atoms with E-state index in [9.17, 15) is 4.79 Å². The molecule has 31 heavy (non-hydrogen) atoms. The fraction of sp³-hybridized carbons (Fsp3) is 0.520. The van der Waals surface area contributed by atoms with E-state index < -0.39 is 0 Å². The SMILES string of the molecule is CC(C)(C)CC(=O)N1CCC(/C=C/c2c(-c3c(Cl)cccc3Cl)noc2C2CC2)CC1. The summed E-state index contributed by atoms with van der Waals surface area (Å²) in [6.45, 7) is 7.96. The van der Waals surface area contributed by atoms with Crippen LogP contribution in [0.4, 0.5) is 0 Å². The summed E-state index contributed by atoms with van der Waals surface area (Å²) in [5, 5.41) is 5.50. The number of halogens is 2. The van der Waals surface area contributed by atoms with Crippen molar-refractivity contribution >= 4 is 35.2 Å². The highest BCUT2D eigenvalue weighted by atomic mass is 35.5. The van der Waals surface area contributed by atoms with Gasteiger partial charge in [0.15, 0.2) is 0 Å². The first kappa shape index (κ1) is 22.4. The standard InChI is InChI=1S/C25H30Cl2N2O2/c1-25(2,3)15-21(30)29-13-11-16(12-14-29)7-10-18-23(28-31-24(18)17-8-9-17)22-19(26)5-4-6-20(22)27/h4-7,10,16-17H,8-9,11-15H2,1-3H3/b10-7+. The Morgan fingerprint density at radius 1 is 1.16 bits per heavy atom. The number of aromatic nitrogens is 1. The van der Waals surface area contributed by atoms with Crippen molar-refractivity contribution in [1.82, 2.24) is 10.1 Å². The molecule has 4 rings (SSSR count). The summed E-state index contributed by atoms with van der Waals surface area (Å²) in [4.78, 5) is 14.5. The number of nitrogens with zero attached hydrogens (tertiary/aromatic N) is 2. The first-order chi connectivity index (χ1) is 14.7. The maximum atomic E-state index is 12.5. The topological polar surface area (TPSA) is 46.3 Å². The van der Waals surface area contributed by atoms with Crippen LogP contribution in [0.3, 0.4) is 0 Å². The predicted octanol–water partition coefficient (Wildman–Crippen LogP) is 7.21. The molecule has 1 aromatic heterocycles. The van der Waals surface area contributed by atoms with Crippen LogP contribution in [0.2, 0.25) is 10.0 Å². The predicted molar refractivity (Wildman–Crippen MR) is 126 cm³/mol. The monoisotopic (exact) mass is 460 g/mol. The summed E-state index contributed by atoms with van der Waals surface area (Å²) in [7, 11) is 0. The molecule has 2 heterocycles. The minimum absolute atomic E-state index is 0.0255. The molecular weight excluding hydrogens is 431 g/mol. The van der Waals surface area contributed by atoms with Gasteiger partial charge < -0.3 is 9.42 Å². The largest absolute Gasteiger partial charge is 0.360 e. The number of carbonyl (C=O) groups is 1. The van der Waals surface area contributed by atoms with Gasteiger partial charge in [-0.05, 0) is 49.1 Å². The first-order valence-corrected chi connectivity index (χ1v) is 11.9. The van der Waals surface area contributed by atoms with Crippen molar-refractivity contribution in [3.63, 3.8) is 0 Å². The van der Waals surface area contributed by atoms with Gasteiger partial charge in [-0.25, -0.2) is 0 Å². The third kappa shape index (κ3) is 5.35. The average molecular weight is 461 g/mol. The zero-order valence-electron chi connectivity index (χ0n) is 18.5. The molecular formula is C25H30Cl2N2O2. The van der Waals surface area contributed by atoms with Crippen molar-refractivity contribution in [2.75, 3.05) is 13.1 Å². The number of hydrogen-bond donors (Lipinski definition) is 0. The van der Waals surface area contributed by atoms with Crippen LogP contribution in [-0.2, 0) is 4.79 Å². The van der Waals surface area contributed by atoms with Crippen molar-refractivity contribution in [3.05, 3.63) is 45.6 Å². The minimum Gasteiger partial charge on any atom is -0.360 e. The van der Waals surface area contributed by atoms with Gasteiger partial charge in [0.25, 0.3) is 0 Å². The van der Waals surface area contributed by atoms with E-state index in [1.165, 1.54) is 0 Å². The van der Waals surface area contributed by atoms with Crippen LogP contribution in [0.15, 0.2) is 28.8 Å². The minimum atomic E-state index is 0.0255. The molecule has 166 valence electrons. The smallest absolute Gasteiger partial charge is 0.223 e. The fourth-order valence-corrected chi connectivity index (χ4v) is 4.73. The van der Waals surface area contributed by atoms with Crippen LogP contribution in [-0.4, -0.2) is 29.1 Å². The van der Waals surface area contributed by atoms with Crippen molar-refractivity contribution in [2.24, 2.45) is 11.3 Å². The highest BCUT2D eigenvalue weighted by molar-refractivity contribution is 6.39. The summed E-state index contributed by atoms with van der Waals surface area (Å²) >= 11 is 12.9. The molecule has 2 aromatic rings. The van der Waals surface area contributed by atoms with Gasteiger partial charge in [-0.1, -0.05) is 67.3 Å². The van der Waals surface area contributed by atoms with E-state index in [4.69, 9.17) is 27.7 Å². The molecule has 4 nitrogen and oxygen atoms in total. The highest BCUT2D eigenvalue weighted by Gasteiger charge is 2.33. The molecule has 1 saturated carbocycles. The van der Waals surface area contributed by atoms with E-state index in [2.05, 4.69) is 38.1 Å². The third-order valence-corrected chi connectivity index (χ3v) is 6.64. The van der Waals surface area contributed by atoms with E-state index in [1.807, 2.05) is 23.1 Å². The van der Waals surface area contributed by atoms with Gasteiger partial charge in [-0.15, -0.1) is 0 Å². The summed E-state index contributed by atoms with van der Waals surface area (Å²) in [6, 6.07) is 5.48. The lowest BCUT2D eigenvalue weighted by molar-refractivity contribution is -0.134. The normalized spacial score (nSPS) is 18.2. The first-order valence-electron chi connectivity index (χ1n) is 11.1. The Labute approximate surface area is 194 Å². The summed E-state index contributed by atoms with van der Waals surface area (Å²) in [6.07, 6.45) is 9.17. The Bertz CT molecular complexity index is 958. The zero-order valence-corrected chi connectivity index (χ0v) is 20.0. The second kappa shape index (κ2) is 8.99. The number of carbonyl (C=O) groups excluding carboxylic acids is 1. The Balaban J connectivity index is 1.50. The van der Waals surface area contributed by atoms with Crippen molar-refractivity contribution < 1.29 is 9.32 Å². The maximum absolute atomic E-state index is 12.5. The lowest BCUT2D eigenvalue weighted by Gasteiger charge is -2.32. The van der Waals surface area contributed by atoms with Crippen LogP contribution < -0.4 is 0 Å². The molecule has 0 radical (unpaired) electrons. The van der Waals surface area contributed by atoms with Gasteiger partial charge >= 0.3 is 0 Å². The lowest BCUT2D eigenvalue weighted by Crippen LogP contribution is -2.39. The molecule has 0 bridgehead atoms. The number of benzene rings is 1. The van der Waals surface area contributed by atoms with E-state index in [0.717, 1.165) is 55.7 Å². The molecule has 1 amide bonds. The maximum Gasteiger partial charge on any atom is 0.223 e. The molecule has 0 unspecified atom stereocenters. The Hall–Kier alpha value is -1.78. The van der Waals surface area contributed by atoms with Crippen LogP contribution in [0.5, 0.6) is 0 Å². The van der Waals surface area contributed by atoms with Crippen molar-refractivity contribution in [1.29, 1.82) is 0 Å². The van der Waals surface area contributed by atoms with Crippen LogP contribution in [0, 0.1) is 11.3 Å². The Morgan fingerprint density at radius 2 is 1.81 bits per heavy atom. The van der Waals surface area contributed by atoms with Gasteiger partial charge in [0, 0.05) is 36.6 Å². The summed E-state index contributed by atoms with van der Waals surface area (Å²) < 4.78 is 5.75. The molecule has 1 aliphatic heterocycles. The van der Waals surface area contributed by atoms with Crippen LogP contribution >= 0.6 is 23.2 Å². The third-order valence-electron chi connectivity index (χ3n) is 6.01. The molecule has 1 aliphatic carbocycles. The van der Waals surface area contributed by atoms with E-state index >= 15 is 0 Å². The molecule has 6 heteroatoms. The van der Waals surface area contributed by atoms with Gasteiger partial charge in [-0.2, -0.15) is 0 Å². The Kier molecular flexibility index (Phi) is 6.50. The number of amides is 1. The number of likely N-dealkylation sites (tertiary alicyclic amines) is 1. The number of piperidine rings is 1. The van der Waals surface area contributed by atoms with Crippen molar-refractivity contribution in [3.8, 4) is 11.3 Å². The van der Waals surface area contributed by atoms with Crippen LogP contribution in [0.1, 0.15) is 70.1 Å². The molecule has 0 atom stereocenters.